The molecule has 0 fully saturated rings. The van der Waals surface area contributed by atoms with Crippen molar-refractivity contribution in [1.29, 1.82) is 0 Å². The molecule has 0 aromatic heterocycles. The average Bonchev–Trinajstić information content (AvgIpc) is 2.35. The Balaban J connectivity index is 2.30. The maximum atomic E-state index is 11.4. The van der Waals surface area contributed by atoms with Gasteiger partial charge in [0.25, 0.3) is 0 Å². The number of methoxy groups -OCH3 is 1. The molecule has 2 amide bonds. The third-order valence-corrected chi connectivity index (χ3v) is 2.05. The smallest absolute Gasteiger partial charge is 0.313 e. The average molecular weight is 236 g/mol. The lowest BCUT2D eigenvalue weighted by Gasteiger charge is -2.05. The van der Waals surface area contributed by atoms with Crippen LogP contribution in [0.15, 0.2) is 30.3 Å². The molecule has 0 bridgehead atoms. The van der Waals surface area contributed by atoms with Crippen LogP contribution in [0.3, 0.4) is 0 Å². The highest BCUT2D eigenvalue weighted by atomic mass is 16.5. The standard InChI is InChI=1S/C12H16N2O3/c1-17-9-5-8-13-11(15)12(16)14-10-6-3-2-4-7-10/h2-4,6-7H,5,8-9H2,1H3,(H,13,15)(H,14,16). The largest absolute Gasteiger partial charge is 0.385 e. The van der Waals surface area contributed by atoms with Crippen LogP contribution in [0.2, 0.25) is 0 Å². The van der Waals surface area contributed by atoms with Gasteiger partial charge in [0.05, 0.1) is 0 Å². The Kier molecular flexibility index (Phi) is 5.74. The first-order valence-corrected chi connectivity index (χ1v) is 5.37. The zero-order chi connectivity index (χ0) is 12.5. The molecule has 0 aliphatic carbocycles. The fourth-order valence-corrected chi connectivity index (χ4v) is 1.21. The van der Waals surface area contributed by atoms with Gasteiger partial charge < -0.3 is 15.4 Å². The lowest BCUT2D eigenvalue weighted by atomic mass is 10.3. The minimum Gasteiger partial charge on any atom is -0.385 e. The van der Waals surface area contributed by atoms with Crippen LogP contribution in [0, 0.1) is 0 Å². The zero-order valence-corrected chi connectivity index (χ0v) is 9.73. The number of rotatable bonds is 5. The molecule has 0 aliphatic heterocycles. The predicted molar refractivity (Wildman–Crippen MR) is 64.6 cm³/mol. The van der Waals surface area contributed by atoms with E-state index in [2.05, 4.69) is 10.6 Å². The van der Waals surface area contributed by atoms with E-state index < -0.39 is 11.8 Å². The van der Waals surface area contributed by atoms with Gasteiger partial charge in [-0.3, -0.25) is 9.59 Å². The number of carbonyl (C=O) groups excluding carboxylic acids is 2. The highest BCUT2D eigenvalue weighted by Gasteiger charge is 2.12. The fraction of sp³-hybridized carbons (Fsp3) is 0.333. The van der Waals surface area contributed by atoms with E-state index in [0.717, 1.165) is 0 Å². The van der Waals surface area contributed by atoms with Crippen molar-refractivity contribution in [1.82, 2.24) is 5.32 Å². The van der Waals surface area contributed by atoms with Gasteiger partial charge in [0.1, 0.15) is 0 Å². The van der Waals surface area contributed by atoms with Gasteiger partial charge in [-0.2, -0.15) is 0 Å². The van der Waals surface area contributed by atoms with Crippen LogP contribution < -0.4 is 10.6 Å². The van der Waals surface area contributed by atoms with Crippen molar-refractivity contribution >= 4 is 17.5 Å². The van der Waals surface area contributed by atoms with Crippen molar-refractivity contribution in [2.75, 3.05) is 25.6 Å². The summed E-state index contributed by atoms with van der Waals surface area (Å²) in [6, 6.07) is 8.84. The number of hydrogen-bond donors (Lipinski definition) is 2. The van der Waals surface area contributed by atoms with Crippen LogP contribution in [0.4, 0.5) is 5.69 Å². The van der Waals surface area contributed by atoms with E-state index in [9.17, 15) is 9.59 Å². The van der Waals surface area contributed by atoms with E-state index in [4.69, 9.17) is 4.74 Å². The summed E-state index contributed by atoms with van der Waals surface area (Å²) in [5.74, 6) is -1.29. The molecule has 17 heavy (non-hydrogen) atoms. The first-order valence-electron chi connectivity index (χ1n) is 5.37. The lowest BCUT2D eigenvalue weighted by Crippen LogP contribution is -2.36. The summed E-state index contributed by atoms with van der Waals surface area (Å²) in [4.78, 5) is 22.8. The minimum absolute atomic E-state index is 0.425. The SMILES string of the molecule is COCCCNC(=O)C(=O)Nc1ccccc1. The van der Waals surface area contributed by atoms with E-state index >= 15 is 0 Å². The van der Waals surface area contributed by atoms with Gasteiger partial charge in [-0.05, 0) is 18.6 Å². The summed E-state index contributed by atoms with van der Waals surface area (Å²) in [6.07, 6.45) is 0.681. The van der Waals surface area contributed by atoms with Crippen LogP contribution in [0.1, 0.15) is 6.42 Å². The number of para-hydroxylation sites is 1. The Bertz CT molecular complexity index is 365. The van der Waals surface area contributed by atoms with Crippen LogP contribution in [0.25, 0.3) is 0 Å². The van der Waals surface area contributed by atoms with Crippen molar-refractivity contribution in [2.24, 2.45) is 0 Å². The summed E-state index contributed by atoms with van der Waals surface area (Å²) in [6.45, 7) is 0.982. The Morgan fingerprint density at radius 3 is 2.53 bits per heavy atom. The lowest BCUT2D eigenvalue weighted by molar-refractivity contribution is -0.136. The number of ether oxygens (including phenoxy) is 1. The number of amides is 2. The third-order valence-electron chi connectivity index (χ3n) is 2.05. The molecule has 0 heterocycles. The number of benzene rings is 1. The van der Waals surface area contributed by atoms with Crippen molar-refractivity contribution in [3.8, 4) is 0 Å². The molecule has 0 aliphatic rings. The Hall–Kier alpha value is -1.88. The van der Waals surface area contributed by atoms with E-state index in [-0.39, 0.29) is 0 Å². The molecule has 5 heteroatoms. The van der Waals surface area contributed by atoms with Gasteiger partial charge in [0.2, 0.25) is 0 Å². The summed E-state index contributed by atoms with van der Waals surface area (Å²) < 4.78 is 4.83. The Morgan fingerprint density at radius 2 is 1.88 bits per heavy atom. The maximum Gasteiger partial charge on any atom is 0.313 e. The second-order valence-electron chi connectivity index (χ2n) is 3.42. The number of nitrogens with one attached hydrogen (secondary N) is 2. The van der Waals surface area contributed by atoms with Crippen molar-refractivity contribution in [3.63, 3.8) is 0 Å². The molecule has 92 valence electrons. The third kappa shape index (κ3) is 5.12. The van der Waals surface area contributed by atoms with Crippen LogP contribution in [0.5, 0.6) is 0 Å². The second kappa shape index (κ2) is 7.40. The summed E-state index contributed by atoms with van der Waals surface area (Å²) in [5, 5.41) is 5.01. The quantitative estimate of drug-likeness (QED) is 0.586. The Morgan fingerprint density at radius 1 is 1.18 bits per heavy atom. The van der Waals surface area contributed by atoms with E-state index in [1.807, 2.05) is 6.07 Å². The maximum absolute atomic E-state index is 11.4. The molecule has 1 rings (SSSR count). The summed E-state index contributed by atoms with van der Waals surface area (Å²) in [5.41, 5.74) is 0.601. The van der Waals surface area contributed by atoms with Crippen LogP contribution in [-0.2, 0) is 14.3 Å². The van der Waals surface area contributed by atoms with Crippen LogP contribution >= 0.6 is 0 Å². The molecule has 0 spiro atoms. The van der Waals surface area contributed by atoms with Gasteiger partial charge >= 0.3 is 11.8 Å². The normalized spacial score (nSPS) is 9.71. The first-order chi connectivity index (χ1) is 8.24. The molecule has 1 aromatic carbocycles. The van der Waals surface area contributed by atoms with Crippen molar-refractivity contribution in [3.05, 3.63) is 30.3 Å². The number of carbonyl (C=O) groups is 2. The van der Waals surface area contributed by atoms with Gasteiger partial charge in [0, 0.05) is 25.9 Å². The molecule has 1 aromatic rings. The molecule has 0 saturated carbocycles. The first kappa shape index (κ1) is 13.2. The van der Waals surface area contributed by atoms with Gasteiger partial charge in [-0.15, -0.1) is 0 Å². The van der Waals surface area contributed by atoms with Crippen molar-refractivity contribution < 1.29 is 14.3 Å². The molecule has 0 atom stereocenters. The van der Waals surface area contributed by atoms with Gasteiger partial charge in [0.15, 0.2) is 0 Å². The van der Waals surface area contributed by atoms with Gasteiger partial charge in [-0.25, -0.2) is 0 Å². The molecule has 2 N–H and O–H groups in total. The molecule has 0 radical (unpaired) electrons. The Labute approximate surface area is 100 Å². The molecular formula is C12H16N2O3. The predicted octanol–water partition coefficient (Wildman–Crippen LogP) is 0.778. The second-order valence-corrected chi connectivity index (χ2v) is 3.42. The zero-order valence-electron chi connectivity index (χ0n) is 9.73. The van der Waals surface area contributed by atoms with E-state index in [1.165, 1.54) is 0 Å². The topological polar surface area (TPSA) is 67.4 Å². The number of hydrogen-bond acceptors (Lipinski definition) is 3. The van der Waals surface area contributed by atoms with Crippen molar-refractivity contribution in [2.45, 2.75) is 6.42 Å². The van der Waals surface area contributed by atoms with E-state index in [1.54, 1.807) is 31.4 Å². The molecular weight excluding hydrogens is 220 g/mol. The minimum atomic E-state index is -0.659. The van der Waals surface area contributed by atoms with Crippen LogP contribution in [-0.4, -0.2) is 32.1 Å². The fourth-order valence-electron chi connectivity index (χ4n) is 1.21. The molecule has 0 saturated heterocycles. The highest BCUT2D eigenvalue weighted by molar-refractivity contribution is 6.39. The molecule has 5 nitrogen and oxygen atoms in total. The summed E-state index contributed by atoms with van der Waals surface area (Å²) >= 11 is 0. The molecule has 0 unspecified atom stereocenters. The van der Waals surface area contributed by atoms with Gasteiger partial charge in [-0.1, -0.05) is 18.2 Å². The highest BCUT2D eigenvalue weighted by Crippen LogP contribution is 2.04. The van der Waals surface area contributed by atoms with E-state index in [0.29, 0.717) is 25.3 Å². The number of anilines is 1. The summed E-state index contributed by atoms with van der Waals surface area (Å²) in [7, 11) is 1.59. The monoisotopic (exact) mass is 236 g/mol.